The molecule has 70 valence electrons. The Bertz CT molecular complexity index is 279. The molecule has 0 amide bonds. The van der Waals surface area contributed by atoms with Crippen LogP contribution in [0.15, 0.2) is 18.3 Å². The van der Waals surface area contributed by atoms with Crippen LogP contribution in [0.5, 0.6) is 0 Å². The fourth-order valence-electron chi connectivity index (χ4n) is 1.02. The first kappa shape index (κ1) is 9.86. The van der Waals surface area contributed by atoms with E-state index in [-0.39, 0.29) is 5.78 Å². The van der Waals surface area contributed by atoms with Gasteiger partial charge in [0.2, 0.25) is 0 Å². The third kappa shape index (κ3) is 2.95. The second kappa shape index (κ2) is 4.72. The van der Waals surface area contributed by atoms with Gasteiger partial charge < -0.3 is 5.32 Å². The molecule has 1 aromatic heterocycles. The Hall–Kier alpha value is -1.22. The molecule has 0 fully saturated rings. The lowest BCUT2D eigenvalue weighted by molar-refractivity contribution is 0.0983. The van der Waals surface area contributed by atoms with Gasteiger partial charge in [0.25, 0.3) is 0 Å². The van der Waals surface area contributed by atoms with E-state index in [0.29, 0.717) is 18.5 Å². The van der Waals surface area contributed by atoms with E-state index in [2.05, 4.69) is 10.3 Å². The van der Waals surface area contributed by atoms with Gasteiger partial charge in [0.05, 0.1) is 0 Å². The number of nitrogens with one attached hydrogen (secondary N) is 1. The molecule has 3 nitrogen and oxygen atoms in total. The van der Waals surface area contributed by atoms with E-state index in [9.17, 15) is 4.79 Å². The summed E-state index contributed by atoms with van der Waals surface area (Å²) >= 11 is 0. The van der Waals surface area contributed by atoms with Crippen LogP contribution < -0.4 is 5.32 Å². The average Bonchev–Trinajstić information content (AvgIpc) is 2.15. The normalized spacial score (nSPS) is 10.0. The van der Waals surface area contributed by atoms with E-state index in [0.717, 1.165) is 5.69 Å². The Morgan fingerprint density at radius 1 is 1.54 bits per heavy atom. The highest BCUT2D eigenvalue weighted by molar-refractivity contribution is 5.95. The van der Waals surface area contributed by atoms with Crippen molar-refractivity contribution >= 4 is 5.78 Å². The number of carbonyl (C=O) groups is 1. The minimum atomic E-state index is 0.141. The second-order valence-electron chi connectivity index (χ2n) is 2.96. The second-order valence-corrected chi connectivity index (χ2v) is 2.96. The highest BCUT2D eigenvalue weighted by Crippen LogP contribution is 2.02. The van der Waals surface area contributed by atoms with Crippen LogP contribution in [0.1, 0.15) is 22.5 Å². The molecular formula is C10H14N2O. The van der Waals surface area contributed by atoms with Crippen LogP contribution in [-0.4, -0.2) is 24.4 Å². The molecule has 0 aromatic carbocycles. The monoisotopic (exact) mass is 178 g/mol. The summed E-state index contributed by atoms with van der Waals surface area (Å²) in [5.74, 6) is 0.141. The van der Waals surface area contributed by atoms with Crippen LogP contribution in [0.2, 0.25) is 0 Å². The summed E-state index contributed by atoms with van der Waals surface area (Å²) in [5.41, 5.74) is 1.63. The third-order valence-corrected chi connectivity index (χ3v) is 1.84. The van der Waals surface area contributed by atoms with Crippen LogP contribution in [-0.2, 0) is 0 Å². The van der Waals surface area contributed by atoms with Gasteiger partial charge in [-0.25, -0.2) is 0 Å². The van der Waals surface area contributed by atoms with Crippen molar-refractivity contribution in [3.05, 3.63) is 29.6 Å². The van der Waals surface area contributed by atoms with E-state index in [1.165, 1.54) is 0 Å². The smallest absolute Gasteiger partial charge is 0.165 e. The maximum atomic E-state index is 11.4. The number of aryl methyl sites for hydroxylation is 1. The molecule has 3 heteroatoms. The lowest BCUT2D eigenvalue weighted by Gasteiger charge is -1.99. The SMILES string of the molecule is CNCCC(=O)c1ccc(C)nc1. The molecular weight excluding hydrogens is 164 g/mol. The number of rotatable bonds is 4. The molecule has 0 atom stereocenters. The van der Waals surface area contributed by atoms with Crippen molar-refractivity contribution in [1.29, 1.82) is 0 Å². The van der Waals surface area contributed by atoms with Crippen LogP contribution in [0.4, 0.5) is 0 Å². The Morgan fingerprint density at radius 3 is 2.85 bits per heavy atom. The van der Waals surface area contributed by atoms with Gasteiger partial charge in [0.15, 0.2) is 5.78 Å². The summed E-state index contributed by atoms with van der Waals surface area (Å²) < 4.78 is 0. The highest BCUT2D eigenvalue weighted by Gasteiger charge is 2.04. The number of hydrogen-bond donors (Lipinski definition) is 1. The molecule has 0 aliphatic carbocycles. The van der Waals surface area contributed by atoms with Gasteiger partial charge in [-0.15, -0.1) is 0 Å². The Kier molecular flexibility index (Phi) is 3.58. The lowest BCUT2D eigenvalue weighted by atomic mass is 10.1. The first-order valence-electron chi connectivity index (χ1n) is 4.34. The summed E-state index contributed by atoms with van der Waals surface area (Å²) in [7, 11) is 1.83. The Balaban J connectivity index is 2.61. The summed E-state index contributed by atoms with van der Waals surface area (Å²) in [4.78, 5) is 15.5. The first-order valence-corrected chi connectivity index (χ1v) is 4.34. The largest absolute Gasteiger partial charge is 0.319 e. The highest BCUT2D eigenvalue weighted by atomic mass is 16.1. The molecule has 0 spiro atoms. The van der Waals surface area contributed by atoms with Crippen LogP contribution in [0.25, 0.3) is 0 Å². The molecule has 1 N–H and O–H groups in total. The van der Waals surface area contributed by atoms with E-state index in [4.69, 9.17) is 0 Å². The number of aromatic nitrogens is 1. The Labute approximate surface area is 78.2 Å². The van der Waals surface area contributed by atoms with Gasteiger partial charge in [-0.2, -0.15) is 0 Å². The summed E-state index contributed by atoms with van der Waals surface area (Å²) in [6, 6.07) is 3.67. The lowest BCUT2D eigenvalue weighted by Crippen LogP contribution is -2.13. The maximum absolute atomic E-state index is 11.4. The van der Waals surface area contributed by atoms with Crippen LogP contribution >= 0.6 is 0 Å². The first-order chi connectivity index (χ1) is 6.24. The zero-order valence-electron chi connectivity index (χ0n) is 8.00. The molecule has 0 aliphatic rings. The molecule has 0 aliphatic heterocycles. The van der Waals surface area contributed by atoms with Crippen molar-refractivity contribution in [3.8, 4) is 0 Å². The number of carbonyl (C=O) groups excluding carboxylic acids is 1. The van der Waals surface area contributed by atoms with Crippen molar-refractivity contribution in [2.45, 2.75) is 13.3 Å². The van der Waals surface area contributed by atoms with Crippen molar-refractivity contribution < 1.29 is 4.79 Å². The molecule has 13 heavy (non-hydrogen) atoms. The number of ketones is 1. The van der Waals surface area contributed by atoms with Gasteiger partial charge in [0.1, 0.15) is 0 Å². The minimum absolute atomic E-state index is 0.141. The van der Waals surface area contributed by atoms with Gasteiger partial charge >= 0.3 is 0 Å². The number of hydrogen-bond acceptors (Lipinski definition) is 3. The Morgan fingerprint density at radius 2 is 2.31 bits per heavy atom. The predicted octanol–water partition coefficient (Wildman–Crippen LogP) is 1.18. The van der Waals surface area contributed by atoms with Gasteiger partial charge in [-0.3, -0.25) is 9.78 Å². The third-order valence-electron chi connectivity index (χ3n) is 1.84. The molecule has 1 rings (SSSR count). The van der Waals surface area contributed by atoms with E-state index >= 15 is 0 Å². The van der Waals surface area contributed by atoms with Crippen LogP contribution in [0.3, 0.4) is 0 Å². The molecule has 0 radical (unpaired) electrons. The number of Topliss-reactive ketones (excluding diaryl/α,β-unsaturated/α-hetero) is 1. The van der Waals surface area contributed by atoms with E-state index < -0.39 is 0 Å². The predicted molar refractivity (Wildman–Crippen MR) is 51.8 cm³/mol. The van der Waals surface area contributed by atoms with Gasteiger partial charge in [-0.05, 0) is 26.1 Å². The van der Waals surface area contributed by atoms with Crippen molar-refractivity contribution in [3.63, 3.8) is 0 Å². The molecule has 0 saturated carbocycles. The van der Waals surface area contributed by atoms with E-state index in [1.54, 1.807) is 6.20 Å². The molecule has 1 heterocycles. The summed E-state index contributed by atoms with van der Waals surface area (Å²) in [5, 5.41) is 2.94. The zero-order chi connectivity index (χ0) is 9.68. The van der Waals surface area contributed by atoms with E-state index in [1.807, 2.05) is 26.1 Å². The molecule has 0 bridgehead atoms. The van der Waals surface area contributed by atoms with Gasteiger partial charge in [0, 0.05) is 30.4 Å². The standard InChI is InChI=1S/C10H14N2O/c1-8-3-4-9(7-12-8)10(13)5-6-11-2/h3-4,7,11H,5-6H2,1-2H3. The topological polar surface area (TPSA) is 42.0 Å². The van der Waals surface area contributed by atoms with Crippen molar-refractivity contribution in [2.24, 2.45) is 0 Å². The van der Waals surface area contributed by atoms with Gasteiger partial charge in [-0.1, -0.05) is 0 Å². The summed E-state index contributed by atoms with van der Waals surface area (Å²) in [6.45, 7) is 2.62. The number of pyridine rings is 1. The maximum Gasteiger partial charge on any atom is 0.165 e. The molecule has 0 unspecified atom stereocenters. The fraction of sp³-hybridized carbons (Fsp3) is 0.400. The average molecular weight is 178 g/mol. The van der Waals surface area contributed by atoms with Crippen molar-refractivity contribution in [2.75, 3.05) is 13.6 Å². The van der Waals surface area contributed by atoms with Crippen molar-refractivity contribution in [1.82, 2.24) is 10.3 Å². The fourth-order valence-corrected chi connectivity index (χ4v) is 1.02. The summed E-state index contributed by atoms with van der Waals surface area (Å²) in [6.07, 6.45) is 2.16. The zero-order valence-corrected chi connectivity index (χ0v) is 8.00. The molecule has 0 saturated heterocycles. The minimum Gasteiger partial charge on any atom is -0.319 e. The molecule has 1 aromatic rings. The number of nitrogens with zero attached hydrogens (tertiary/aromatic N) is 1. The quantitative estimate of drug-likeness (QED) is 0.704. The van der Waals surface area contributed by atoms with Crippen LogP contribution in [0, 0.1) is 6.92 Å².